The molecule has 6 nitrogen and oxygen atoms in total. The van der Waals surface area contributed by atoms with E-state index in [1.807, 2.05) is 6.07 Å². The lowest BCUT2D eigenvalue weighted by Crippen LogP contribution is -2.14. The quantitative estimate of drug-likeness (QED) is 0.826. The first-order valence-electron chi connectivity index (χ1n) is 5.75. The van der Waals surface area contributed by atoms with Crippen molar-refractivity contribution in [1.82, 2.24) is 4.98 Å². The average Bonchev–Trinajstić information content (AvgIpc) is 2.48. The minimum atomic E-state index is -0.406. The van der Waals surface area contributed by atoms with Crippen LogP contribution in [0.1, 0.15) is 15.9 Å². The van der Waals surface area contributed by atoms with Gasteiger partial charge in [0.25, 0.3) is 5.91 Å². The monoisotopic (exact) mass is 268 g/mol. The maximum atomic E-state index is 12.2. The molecule has 0 aliphatic heterocycles. The molecule has 0 fully saturated rings. The second-order valence-corrected chi connectivity index (χ2v) is 3.93. The van der Waals surface area contributed by atoms with Crippen molar-refractivity contribution in [3.8, 4) is 11.9 Å². The number of nitriles is 1. The highest BCUT2D eigenvalue weighted by Gasteiger charge is 2.14. The maximum Gasteiger partial charge on any atom is 0.261 e. The Balaban J connectivity index is 2.31. The molecule has 0 saturated carbocycles. The van der Waals surface area contributed by atoms with E-state index in [9.17, 15) is 4.79 Å². The van der Waals surface area contributed by atoms with Gasteiger partial charge in [0.15, 0.2) is 0 Å². The van der Waals surface area contributed by atoms with E-state index in [0.717, 1.165) is 0 Å². The van der Waals surface area contributed by atoms with E-state index in [-0.39, 0.29) is 11.4 Å². The number of nitrogens with two attached hydrogens (primary N) is 1. The molecule has 0 atom stereocenters. The Bertz CT molecular complexity index is 692. The Morgan fingerprint density at radius 1 is 1.45 bits per heavy atom. The summed E-state index contributed by atoms with van der Waals surface area (Å²) in [6.07, 6.45) is 1.53. The van der Waals surface area contributed by atoms with Crippen LogP contribution in [0.2, 0.25) is 0 Å². The molecule has 1 aromatic heterocycles. The van der Waals surface area contributed by atoms with E-state index in [4.69, 9.17) is 15.7 Å². The molecule has 2 aromatic rings. The van der Waals surface area contributed by atoms with Crippen LogP contribution in [0, 0.1) is 11.3 Å². The SMILES string of the molecule is COc1ncccc1C(=O)Nc1ccc(N)cc1C#N. The summed E-state index contributed by atoms with van der Waals surface area (Å²) < 4.78 is 5.02. The van der Waals surface area contributed by atoms with E-state index in [1.165, 1.54) is 19.4 Å². The smallest absolute Gasteiger partial charge is 0.261 e. The van der Waals surface area contributed by atoms with Crippen LogP contribution >= 0.6 is 0 Å². The fourth-order valence-corrected chi connectivity index (χ4v) is 1.68. The molecule has 6 heteroatoms. The molecular weight excluding hydrogens is 256 g/mol. The Hall–Kier alpha value is -3.07. The summed E-state index contributed by atoms with van der Waals surface area (Å²) in [5, 5.41) is 11.7. The van der Waals surface area contributed by atoms with Crippen molar-refractivity contribution in [3.63, 3.8) is 0 Å². The van der Waals surface area contributed by atoms with Gasteiger partial charge in [-0.1, -0.05) is 0 Å². The predicted molar refractivity (Wildman–Crippen MR) is 74.3 cm³/mol. The minimum Gasteiger partial charge on any atom is -0.480 e. The normalized spacial score (nSPS) is 9.60. The number of hydrogen-bond donors (Lipinski definition) is 2. The van der Waals surface area contributed by atoms with Crippen molar-refractivity contribution in [3.05, 3.63) is 47.7 Å². The Labute approximate surface area is 115 Å². The molecule has 0 radical (unpaired) electrons. The summed E-state index contributed by atoms with van der Waals surface area (Å²) in [5.41, 5.74) is 7.02. The van der Waals surface area contributed by atoms with E-state index in [2.05, 4.69) is 10.3 Å². The van der Waals surface area contributed by atoms with Crippen LogP contribution in [-0.4, -0.2) is 18.0 Å². The Morgan fingerprint density at radius 2 is 2.25 bits per heavy atom. The number of nitrogens with one attached hydrogen (secondary N) is 1. The van der Waals surface area contributed by atoms with Crippen molar-refractivity contribution in [1.29, 1.82) is 5.26 Å². The number of carbonyl (C=O) groups excluding carboxylic acids is 1. The van der Waals surface area contributed by atoms with Crippen LogP contribution in [0.15, 0.2) is 36.5 Å². The predicted octanol–water partition coefficient (Wildman–Crippen LogP) is 1.80. The molecule has 0 spiro atoms. The zero-order chi connectivity index (χ0) is 14.5. The molecule has 0 unspecified atom stereocenters. The summed E-state index contributed by atoms with van der Waals surface area (Å²) >= 11 is 0. The Kier molecular flexibility index (Phi) is 3.82. The van der Waals surface area contributed by atoms with Gasteiger partial charge in [0, 0.05) is 11.9 Å². The van der Waals surface area contributed by atoms with Crippen molar-refractivity contribution < 1.29 is 9.53 Å². The molecular formula is C14H12N4O2. The first-order valence-corrected chi connectivity index (χ1v) is 5.75. The first-order chi connectivity index (χ1) is 9.65. The summed E-state index contributed by atoms with van der Waals surface area (Å²) in [6, 6.07) is 9.88. The lowest BCUT2D eigenvalue weighted by Gasteiger charge is -2.09. The average molecular weight is 268 g/mol. The number of ether oxygens (including phenoxy) is 1. The third-order valence-corrected chi connectivity index (χ3v) is 2.62. The highest BCUT2D eigenvalue weighted by atomic mass is 16.5. The zero-order valence-electron chi connectivity index (χ0n) is 10.8. The number of rotatable bonds is 3. The lowest BCUT2D eigenvalue weighted by atomic mass is 10.1. The van der Waals surface area contributed by atoms with Gasteiger partial charge in [-0.15, -0.1) is 0 Å². The molecule has 3 N–H and O–H groups in total. The summed E-state index contributed by atoms with van der Waals surface area (Å²) in [6.45, 7) is 0. The number of carbonyl (C=O) groups is 1. The number of anilines is 2. The van der Waals surface area contributed by atoms with Gasteiger partial charge in [0.2, 0.25) is 5.88 Å². The molecule has 2 rings (SSSR count). The van der Waals surface area contributed by atoms with Crippen molar-refractivity contribution in [2.75, 3.05) is 18.2 Å². The molecule has 0 aliphatic carbocycles. The largest absolute Gasteiger partial charge is 0.480 e. The topological polar surface area (TPSA) is 101 Å². The molecule has 0 aliphatic rings. The van der Waals surface area contributed by atoms with E-state index in [1.54, 1.807) is 24.3 Å². The van der Waals surface area contributed by atoms with Crippen molar-refractivity contribution in [2.24, 2.45) is 0 Å². The third kappa shape index (κ3) is 2.67. The number of methoxy groups -OCH3 is 1. The van der Waals surface area contributed by atoms with Gasteiger partial charge in [-0.2, -0.15) is 5.26 Å². The van der Waals surface area contributed by atoms with Gasteiger partial charge in [-0.25, -0.2) is 4.98 Å². The number of nitrogens with zero attached hydrogens (tertiary/aromatic N) is 2. The van der Waals surface area contributed by atoms with Gasteiger partial charge < -0.3 is 15.8 Å². The van der Waals surface area contributed by atoms with E-state index >= 15 is 0 Å². The fraction of sp³-hybridized carbons (Fsp3) is 0.0714. The Morgan fingerprint density at radius 3 is 2.95 bits per heavy atom. The van der Waals surface area contributed by atoms with Crippen LogP contribution in [0.3, 0.4) is 0 Å². The number of nitrogen functional groups attached to an aromatic ring is 1. The summed E-state index contributed by atoms with van der Waals surface area (Å²) in [7, 11) is 1.43. The first kappa shape index (κ1) is 13.4. The zero-order valence-corrected chi connectivity index (χ0v) is 10.8. The number of hydrogen-bond acceptors (Lipinski definition) is 5. The maximum absolute atomic E-state index is 12.2. The molecule has 1 heterocycles. The minimum absolute atomic E-state index is 0.221. The number of benzene rings is 1. The van der Waals surface area contributed by atoms with Gasteiger partial charge in [0.05, 0.1) is 18.4 Å². The summed E-state index contributed by atoms with van der Waals surface area (Å²) in [4.78, 5) is 16.1. The number of amides is 1. The molecule has 0 bridgehead atoms. The van der Waals surface area contributed by atoms with Crippen molar-refractivity contribution in [2.45, 2.75) is 0 Å². The second kappa shape index (κ2) is 5.71. The molecule has 1 amide bonds. The van der Waals surface area contributed by atoms with Crippen molar-refractivity contribution >= 4 is 17.3 Å². The van der Waals surface area contributed by atoms with E-state index in [0.29, 0.717) is 16.9 Å². The van der Waals surface area contributed by atoms with Crippen LogP contribution in [0.25, 0.3) is 0 Å². The number of pyridine rings is 1. The second-order valence-electron chi connectivity index (χ2n) is 3.93. The summed E-state index contributed by atoms with van der Waals surface area (Å²) in [5.74, 6) is -0.185. The van der Waals surface area contributed by atoms with E-state index < -0.39 is 5.91 Å². The van der Waals surface area contributed by atoms with Crippen LogP contribution in [0.4, 0.5) is 11.4 Å². The van der Waals surface area contributed by atoms with Crippen LogP contribution < -0.4 is 15.8 Å². The molecule has 1 aromatic carbocycles. The van der Waals surface area contributed by atoms with Crippen LogP contribution in [-0.2, 0) is 0 Å². The van der Waals surface area contributed by atoms with Gasteiger partial charge in [0.1, 0.15) is 11.6 Å². The van der Waals surface area contributed by atoms with Gasteiger partial charge in [-0.3, -0.25) is 4.79 Å². The molecule has 100 valence electrons. The highest BCUT2D eigenvalue weighted by Crippen LogP contribution is 2.20. The van der Waals surface area contributed by atoms with Crippen LogP contribution in [0.5, 0.6) is 5.88 Å². The van der Waals surface area contributed by atoms with Gasteiger partial charge >= 0.3 is 0 Å². The fourth-order valence-electron chi connectivity index (χ4n) is 1.68. The highest BCUT2D eigenvalue weighted by molar-refractivity contribution is 6.06. The third-order valence-electron chi connectivity index (χ3n) is 2.62. The number of aromatic nitrogens is 1. The lowest BCUT2D eigenvalue weighted by molar-refractivity contribution is 0.102. The molecule has 0 saturated heterocycles. The molecule has 20 heavy (non-hydrogen) atoms. The standard InChI is InChI=1S/C14H12N4O2/c1-20-14-11(3-2-6-17-14)13(19)18-12-5-4-10(16)7-9(12)8-15/h2-7H,16H2,1H3,(H,18,19). The van der Waals surface area contributed by atoms with Gasteiger partial charge in [-0.05, 0) is 30.3 Å².